The molecule has 1 aromatic heterocycles. The second kappa shape index (κ2) is 8.20. The fraction of sp³-hybridized carbons (Fsp3) is 0.136. The molecule has 7 nitrogen and oxygen atoms in total. The van der Waals surface area contributed by atoms with Crippen molar-refractivity contribution >= 4 is 5.82 Å². The van der Waals surface area contributed by atoms with Crippen molar-refractivity contribution < 1.29 is 9.47 Å². The van der Waals surface area contributed by atoms with E-state index < -0.39 is 5.56 Å². The van der Waals surface area contributed by atoms with Gasteiger partial charge in [0.05, 0.1) is 7.11 Å². The van der Waals surface area contributed by atoms with Gasteiger partial charge in [-0.2, -0.15) is 10.5 Å². The number of nitrogens with two attached hydrogens (primary N) is 1. The molecule has 144 valence electrons. The van der Waals surface area contributed by atoms with Crippen LogP contribution in [0.1, 0.15) is 22.3 Å². The Kier molecular flexibility index (Phi) is 5.52. The van der Waals surface area contributed by atoms with Gasteiger partial charge in [0.25, 0.3) is 5.56 Å². The number of methoxy groups -OCH3 is 1. The first-order valence-corrected chi connectivity index (χ1v) is 8.71. The van der Waals surface area contributed by atoms with Gasteiger partial charge in [0.2, 0.25) is 0 Å². The zero-order chi connectivity index (χ0) is 21.0. The maximum absolute atomic E-state index is 12.1. The van der Waals surface area contributed by atoms with Crippen molar-refractivity contribution in [1.82, 2.24) is 4.98 Å². The van der Waals surface area contributed by atoms with Crippen LogP contribution in [-0.2, 0) is 6.61 Å². The molecule has 0 fully saturated rings. The number of benzene rings is 2. The van der Waals surface area contributed by atoms with Crippen molar-refractivity contribution in [3.8, 4) is 34.8 Å². The highest BCUT2D eigenvalue weighted by Crippen LogP contribution is 2.35. The first-order valence-electron chi connectivity index (χ1n) is 8.71. The summed E-state index contributed by atoms with van der Waals surface area (Å²) >= 11 is 0. The van der Waals surface area contributed by atoms with Gasteiger partial charge in [-0.1, -0.05) is 35.9 Å². The first kappa shape index (κ1) is 19.5. The maximum Gasteiger partial charge on any atom is 0.268 e. The van der Waals surface area contributed by atoms with E-state index in [4.69, 9.17) is 15.2 Å². The van der Waals surface area contributed by atoms with Crippen LogP contribution >= 0.6 is 0 Å². The van der Waals surface area contributed by atoms with E-state index >= 15 is 0 Å². The number of ether oxygens (including phenoxy) is 2. The average molecular weight is 386 g/mol. The number of nitrogens with one attached hydrogen (secondary N) is 1. The van der Waals surface area contributed by atoms with Gasteiger partial charge in [-0.25, -0.2) is 0 Å². The van der Waals surface area contributed by atoms with Gasteiger partial charge >= 0.3 is 0 Å². The van der Waals surface area contributed by atoms with Gasteiger partial charge in [-0.3, -0.25) is 4.79 Å². The summed E-state index contributed by atoms with van der Waals surface area (Å²) in [5.74, 6) is 0.804. The fourth-order valence-electron chi connectivity index (χ4n) is 2.92. The number of hydrogen-bond donors (Lipinski definition) is 2. The highest BCUT2D eigenvalue weighted by Gasteiger charge is 2.19. The van der Waals surface area contributed by atoms with E-state index in [9.17, 15) is 15.3 Å². The highest BCUT2D eigenvalue weighted by molar-refractivity contribution is 5.81. The minimum absolute atomic E-state index is 0.0246. The number of hydrogen-bond acceptors (Lipinski definition) is 6. The minimum atomic E-state index is -0.655. The fourth-order valence-corrected chi connectivity index (χ4v) is 2.92. The van der Waals surface area contributed by atoms with E-state index in [0.717, 1.165) is 11.1 Å². The Morgan fingerprint density at radius 3 is 2.34 bits per heavy atom. The van der Waals surface area contributed by atoms with Crippen LogP contribution in [0.15, 0.2) is 47.3 Å². The molecule has 0 saturated carbocycles. The summed E-state index contributed by atoms with van der Waals surface area (Å²) in [5, 5.41) is 18.9. The number of rotatable bonds is 5. The Bertz CT molecular complexity index is 1200. The van der Waals surface area contributed by atoms with Crippen LogP contribution in [0.2, 0.25) is 0 Å². The Balaban J connectivity index is 2.02. The van der Waals surface area contributed by atoms with E-state index in [2.05, 4.69) is 4.98 Å². The van der Waals surface area contributed by atoms with Crippen molar-refractivity contribution in [1.29, 1.82) is 10.5 Å². The third-order valence-corrected chi connectivity index (χ3v) is 4.44. The Labute approximate surface area is 167 Å². The summed E-state index contributed by atoms with van der Waals surface area (Å²) in [7, 11) is 1.49. The molecule has 0 bridgehead atoms. The third kappa shape index (κ3) is 3.90. The quantitative estimate of drug-likeness (QED) is 0.693. The highest BCUT2D eigenvalue weighted by atomic mass is 16.5. The SMILES string of the molecule is COc1cc(-c2c(C#N)c(N)[nH]c(=O)c2C#N)ccc1OCc1ccc(C)cc1. The zero-order valence-electron chi connectivity index (χ0n) is 15.9. The molecule has 3 N–H and O–H groups in total. The average Bonchev–Trinajstić information content (AvgIpc) is 2.72. The predicted octanol–water partition coefficient (Wildman–Crippen LogP) is 3.26. The molecule has 0 amide bonds. The predicted molar refractivity (Wildman–Crippen MR) is 108 cm³/mol. The van der Waals surface area contributed by atoms with Crippen LogP contribution in [0.3, 0.4) is 0 Å². The van der Waals surface area contributed by atoms with Gasteiger partial charge in [0, 0.05) is 5.56 Å². The molecule has 0 spiro atoms. The summed E-state index contributed by atoms with van der Waals surface area (Å²) in [4.78, 5) is 14.4. The molecule has 7 heteroatoms. The summed E-state index contributed by atoms with van der Waals surface area (Å²) in [6.07, 6.45) is 0. The lowest BCUT2D eigenvalue weighted by molar-refractivity contribution is 0.284. The lowest BCUT2D eigenvalue weighted by Crippen LogP contribution is -2.16. The van der Waals surface area contributed by atoms with Crippen LogP contribution in [0.4, 0.5) is 5.82 Å². The molecule has 3 aromatic rings. The van der Waals surface area contributed by atoms with E-state index in [-0.39, 0.29) is 22.5 Å². The van der Waals surface area contributed by atoms with Crippen LogP contribution in [0.5, 0.6) is 11.5 Å². The van der Waals surface area contributed by atoms with E-state index in [1.54, 1.807) is 18.2 Å². The van der Waals surface area contributed by atoms with Crippen molar-refractivity contribution in [3.63, 3.8) is 0 Å². The lowest BCUT2D eigenvalue weighted by atomic mass is 9.96. The van der Waals surface area contributed by atoms with Crippen molar-refractivity contribution in [2.24, 2.45) is 0 Å². The summed E-state index contributed by atoms with van der Waals surface area (Å²) in [6, 6.07) is 16.7. The topological polar surface area (TPSA) is 125 Å². The number of nitriles is 2. The number of nitrogen functional groups attached to an aromatic ring is 1. The van der Waals surface area contributed by atoms with Crippen LogP contribution < -0.4 is 20.8 Å². The normalized spacial score (nSPS) is 10.1. The number of aryl methyl sites for hydroxylation is 1. The molecule has 0 aliphatic carbocycles. The van der Waals surface area contributed by atoms with E-state index in [1.165, 1.54) is 7.11 Å². The van der Waals surface area contributed by atoms with Crippen LogP contribution in [0, 0.1) is 29.6 Å². The second-order valence-corrected chi connectivity index (χ2v) is 6.36. The van der Waals surface area contributed by atoms with Gasteiger partial charge in [-0.05, 0) is 30.2 Å². The largest absolute Gasteiger partial charge is 0.493 e. The summed E-state index contributed by atoms with van der Waals surface area (Å²) in [6.45, 7) is 2.36. The number of anilines is 1. The monoisotopic (exact) mass is 386 g/mol. The van der Waals surface area contributed by atoms with Gasteiger partial charge in [-0.15, -0.1) is 0 Å². The maximum atomic E-state index is 12.1. The first-order chi connectivity index (χ1) is 14.0. The number of pyridine rings is 1. The molecule has 0 unspecified atom stereocenters. The third-order valence-electron chi connectivity index (χ3n) is 4.44. The van der Waals surface area contributed by atoms with E-state index in [0.29, 0.717) is 23.7 Å². The zero-order valence-corrected chi connectivity index (χ0v) is 15.9. The molecule has 3 rings (SSSR count). The number of H-pyrrole nitrogens is 1. The molecule has 0 aliphatic rings. The van der Waals surface area contributed by atoms with Gasteiger partial charge in [0.1, 0.15) is 35.7 Å². The summed E-state index contributed by atoms with van der Waals surface area (Å²) < 4.78 is 11.3. The molecule has 2 aromatic carbocycles. The van der Waals surface area contributed by atoms with Gasteiger partial charge < -0.3 is 20.2 Å². The Hall–Kier alpha value is -4.23. The van der Waals surface area contributed by atoms with Crippen LogP contribution in [0.25, 0.3) is 11.1 Å². The van der Waals surface area contributed by atoms with E-state index in [1.807, 2.05) is 43.3 Å². The molecule has 1 heterocycles. The molecule has 0 saturated heterocycles. The minimum Gasteiger partial charge on any atom is -0.493 e. The molecular formula is C22H18N4O3. The number of nitrogens with zero attached hydrogens (tertiary/aromatic N) is 2. The standard InChI is InChI=1S/C22H18N4O3/c1-13-3-5-14(6-4-13)12-29-18-8-7-15(9-19(18)28-2)20-16(10-23)21(25)26-22(27)17(20)11-24/h3-9H,12H2,1-2H3,(H3,25,26,27). The van der Waals surface area contributed by atoms with Gasteiger partial charge in [0.15, 0.2) is 11.5 Å². The molecule has 0 radical (unpaired) electrons. The van der Waals surface area contributed by atoms with Crippen LogP contribution in [-0.4, -0.2) is 12.1 Å². The van der Waals surface area contributed by atoms with Crippen molar-refractivity contribution in [2.45, 2.75) is 13.5 Å². The molecule has 29 heavy (non-hydrogen) atoms. The van der Waals surface area contributed by atoms with Crippen molar-refractivity contribution in [2.75, 3.05) is 12.8 Å². The smallest absolute Gasteiger partial charge is 0.268 e. The number of aromatic amines is 1. The van der Waals surface area contributed by atoms with Crippen molar-refractivity contribution in [3.05, 3.63) is 75.1 Å². The lowest BCUT2D eigenvalue weighted by Gasteiger charge is -2.14. The second-order valence-electron chi connectivity index (χ2n) is 6.36. The molecule has 0 aliphatic heterocycles. The number of aromatic nitrogens is 1. The molecular weight excluding hydrogens is 368 g/mol. The Morgan fingerprint density at radius 1 is 1.03 bits per heavy atom. The Morgan fingerprint density at radius 2 is 1.72 bits per heavy atom. The molecule has 0 atom stereocenters. The summed E-state index contributed by atoms with van der Waals surface area (Å²) in [5.41, 5.74) is 7.74.